The van der Waals surface area contributed by atoms with Gasteiger partial charge in [0.2, 0.25) is 0 Å². The number of nitro groups is 1. The summed E-state index contributed by atoms with van der Waals surface area (Å²) in [6, 6.07) is 6.66. The van der Waals surface area contributed by atoms with Gasteiger partial charge in [-0.3, -0.25) is 10.1 Å². The van der Waals surface area contributed by atoms with E-state index in [0.717, 1.165) is 12.1 Å². The highest BCUT2D eigenvalue weighted by Gasteiger charge is 2.27. The van der Waals surface area contributed by atoms with Gasteiger partial charge in [0.1, 0.15) is 0 Å². The second kappa shape index (κ2) is 6.85. The largest absolute Gasteiger partial charge is 0.359 e. The van der Waals surface area contributed by atoms with Gasteiger partial charge in [-0.25, -0.2) is 0 Å². The van der Waals surface area contributed by atoms with Gasteiger partial charge in [-0.15, -0.1) is 0 Å². The smallest absolute Gasteiger partial charge is 0.269 e. The number of benzene rings is 1. The number of nitro benzene ring substituents is 1. The Hall–Kier alpha value is -1.69. The SMILES string of the molecule is C[C@H]1[C@H](C)CCC[C@H]1NC(=S)Nc1ccc([N+](=O)[O-])cc1. The van der Waals surface area contributed by atoms with Gasteiger partial charge in [0.25, 0.3) is 5.69 Å². The van der Waals surface area contributed by atoms with Crippen molar-refractivity contribution in [2.45, 2.75) is 39.2 Å². The predicted molar refractivity (Wildman–Crippen MR) is 88.4 cm³/mol. The maximum Gasteiger partial charge on any atom is 0.269 e. The lowest BCUT2D eigenvalue weighted by atomic mass is 9.78. The molecule has 1 aromatic rings. The van der Waals surface area contributed by atoms with Crippen molar-refractivity contribution in [2.75, 3.05) is 5.32 Å². The van der Waals surface area contributed by atoms with E-state index in [1.165, 1.54) is 25.0 Å². The summed E-state index contributed by atoms with van der Waals surface area (Å²) >= 11 is 5.34. The molecule has 0 amide bonds. The molecule has 0 aliphatic heterocycles. The summed E-state index contributed by atoms with van der Waals surface area (Å²) in [5.74, 6) is 1.30. The second-order valence-corrected chi connectivity index (χ2v) is 6.18. The Balaban J connectivity index is 1.90. The van der Waals surface area contributed by atoms with Gasteiger partial charge >= 0.3 is 0 Å². The first-order chi connectivity index (χ1) is 9.97. The first-order valence-electron chi connectivity index (χ1n) is 7.29. The monoisotopic (exact) mass is 307 g/mol. The van der Waals surface area contributed by atoms with Crippen LogP contribution in [-0.2, 0) is 0 Å². The fourth-order valence-electron chi connectivity index (χ4n) is 2.79. The van der Waals surface area contributed by atoms with Crippen LogP contribution in [-0.4, -0.2) is 16.1 Å². The minimum atomic E-state index is -0.411. The number of anilines is 1. The third-order valence-corrected chi connectivity index (χ3v) is 4.58. The first kappa shape index (κ1) is 15.7. The van der Waals surface area contributed by atoms with Gasteiger partial charge in [0.05, 0.1) is 4.92 Å². The molecule has 2 N–H and O–H groups in total. The number of hydrogen-bond donors (Lipinski definition) is 2. The maximum absolute atomic E-state index is 10.6. The van der Waals surface area contributed by atoms with Crippen LogP contribution in [0.4, 0.5) is 11.4 Å². The second-order valence-electron chi connectivity index (χ2n) is 5.78. The van der Waals surface area contributed by atoms with E-state index >= 15 is 0 Å². The molecule has 6 heteroatoms. The van der Waals surface area contributed by atoms with Gasteiger partial charge in [0, 0.05) is 23.9 Å². The lowest BCUT2D eigenvalue weighted by Crippen LogP contribution is -2.45. The first-order valence-corrected chi connectivity index (χ1v) is 7.70. The zero-order chi connectivity index (χ0) is 15.4. The van der Waals surface area contributed by atoms with E-state index in [2.05, 4.69) is 24.5 Å². The molecular formula is C15H21N3O2S. The molecule has 1 fully saturated rings. The number of non-ortho nitro benzene ring substituents is 1. The van der Waals surface area contributed by atoms with E-state index in [1.807, 2.05) is 0 Å². The Kier molecular flexibility index (Phi) is 5.12. The molecule has 0 radical (unpaired) electrons. The van der Waals surface area contributed by atoms with Gasteiger partial charge in [-0.05, 0) is 42.6 Å². The van der Waals surface area contributed by atoms with Crippen LogP contribution in [0.5, 0.6) is 0 Å². The van der Waals surface area contributed by atoms with E-state index in [4.69, 9.17) is 12.2 Å². The quantitative estimate of drug-likeness (QED) is 0.506. The fraction of sp³-hybridized carbons (Fsp3) is 0.533. The van der Waals surface area contributed by atoms with Crippen LogP contribution in [0.3, 0.4) is 0 Å². The van der Waals surface area contributed by atoms with Crippen molar-refractivity contribution < 1.29 is 4.92 Å². The van der Waals surface area contributed by atoms with Crippen molar-refractivity contribution in [3.05, 3.63) is 34.4 Å². The van der Waals surface area contributed by atoms with Crippen LogP contribution in [0, 0.1) is 22.0 Å². The zero-order valence-electron chi connectivity index (χ0n) is 12.3. The van der Waals surface area contributed by atoms with Crippen molar-refractivity contribution in [2.24, 2.45) is 11.8 Å². The molecule has 114 valence electrons. The van der Waals surface area contributed by atoms with E-state index in [0.29, 0.717) is 23.0 Å². The molecule has 1 saturated carbocycles. The van der Waals surface area contributed by atoms with Crippen LogP contribution >= 0.6 is 12.2 Å². The number of hydrogen-bond acceptors (Lipinski definition) is 3. The summed E-state index contributed by atoms with van der Waals surface area (Å²) in [5.41, 5.74) is 0.837. The lowest BCUT2D eigenvalue weighted by molar-refractivity contribution is -0.384. The summed E-state index contributed by atoms with van der Waals surface area (Å²) < 4.78 is 0. The summed E-state index contributed by atoms with van der Waals surface area (Å²) in [7, 11) is 0. The van der Waals surface area contributed by atoms with Crippen molar-refractivity contribution in [3.63, 3.8) is 0 Å². The van der Waals surface area contributed by atoms with E-state index in [1.54, 1.807) is 12.1 Å². The van der Waals surface area contributed by atoms with Crippen LogP contribution < -0.4 is 10.6 Å². The Morgan fingerprint density at radius 3 is 2.57 bits per heavy atom. The Bertz CT molecular complexity index is 518. The molecule has 1 aliphatic rings. The molecule has 21 heavy (non-hydrogen) atoms. The van der Waals surface area contributed by atoms with Crippen molar-refractivity contribution in [1.82, 2.24) is 5.32 Å². The highest BCUT2D eigenvalue weighted by molar-refractivity contribution is 7.80. The third kappa shape index (κ3) is 4.14. The average Bonchev–Trinajstić information content (AvgIpc) is 2.44. The predicted octanol–water partition coefficient (Wildman–Crippen LogP) is 3.71. The van der Waals surface area contributed by atoms with Gasteiger partial charge in [0.15, 0.2) is 5.11 Å². The van der Waals surface area contributed by atoms with Crippen LogP contribution in [0.2, 0.25) is 0 Å². The molecule has 1 aliphatic carbocycles. The number of nitrogens with zero attached hydrogens (tertiary/aromatic N) is 1. The van der Waals surface area contributed by atoms with E-state index in [-0.39, 0.29) is 5.69 Å². The van der Waals surface area contributed by atoms with E-state index in [9.17, 15) is 10.1 Å². The third-order valence-electron chi connectivity index (χ3n) is 4.36. The highest BCUT2D eigenvalue weighted by Crippen LogP contribution is 2.29. The molecule has 0 spiro atoms. The average molecular weight is 307 g/mol. The normalized spacial score (nSPS) is 25.1. The van der Waals surface area contributed by atoms with Gasteiger partial charge in [-0.2, -0.15) is 0 Å². The molecule has 0 aromatic heterocycles. The minimum Gasteiger partial charge on any atom is -0.359 e. The molecule has 2 rings (SSSR count). The van der Waals surface area contributed by atoms with Crippen molar-refractivity contribution >= 4 is 28.7 Å². The molecular weight excluding hydrogens is 286 g/mol. The Morgan fingerprint density at radius 2 is 1.95 bits per heavy atom. The maximum atomic E-state index is 10.6. The summed E-state index contributed by atoms with van der Waals surface area (Å²) in [6.45, 7) is 4.54. The van der Waals surface area contributed by atoms with Crippen molar-refractivity contribution in [3.8, 4) is 0 Å². The molecule has 0 heterocycles. The Labute approximate surface area is 130 Å². The van der Waals surface area contributed by atoms with Crippen LogP contribution in [0.1, 0.15) is 33.1 Å². The highest BCUT2D eigenvalue weighted by atomic mass is 32.1. The summed E-state index contributed by atoms with van der Waals surface area (Å²) in [5, 5.41) is 17.6. The molecule has 0 saturated heterocycles. The number of rotatable bonds is 3. The fourth-order valence-corrected chi connectivity index (χ4v) is 3.06. The minimum absolute atomic E-state index is 0.0779. The number of thiocarbonyl (C=S) groups is 1. The van der Waals surface area contributed by atoms with Crippen LogP contribution in [0.25, 0.3) is 0 Å². The van der Waals surface area contributed by atoms with Crippen LogP contribution in [0.15, 0.2) is 24.3 Å². The summed E-state index contributed by atoms with van der Waals surface area (Å²) in [4.78, 5) is 10.2. The molecule has 5 nitrogen and oxygen atoms in total. The van der Waals surface area contributed by atoms with Crippen molar-refractivity contribution in [1.29, 1.82) is 0 Å². The van der Waals surface area contributed by atoms with E-state index < -0.39 is 4.92 Å². The molecule has 0 bridgehead atoms. The lowest BCUT2D eigenvalue weighted by Gasteiger charge is -2.35. The topological polar surface area (TPSA) is 67.2 Å². The molecule has 3 atom stereocenters. The standard InChI is InChI=1S/C15H21N3O2S/c1-10-4-3-5-14(11(10)2)17-15(21)16-12-6-8-13(9-7-12)18(19)20/h6-11,14H,3-5H2,1-2H3,(H2,16,17,21)/t10-,11+,14-/m1/s1. The Morgan fingerprint density at radius 1 is 1.29 bits per heavy atom. The van der Waals surface area contributed by atoms with Gasteiger partial charge in [-0.1, -0.05) is 26.7 Å². The zero-order valence-corrected chi connectivity index (χ0v) is 13.2. The molecule has 0 unspecified atom stereocenters. The molecule has 1 aromatic carbocycles. The van der Waals surface area contributed by atoms with Gasteiger partial charge < -0.3 is 10.6 Å². The summed E-state index contributed by atoms with van der Waals surface area (Å²) in [6.07, 6.45) is 3.64. The number of nitrogens with one attached hydrogen (secondary N) is 2.